The van der Waals surface area contributed by atoms with E-state index in [0.717, 1.165) is 22.4 Å². The van der Waals surface area contributed by atoms with Gasteiger partial charge in [-0.3, -0.25) is 14.5 Å². The highest BCUT2D eigenvalue weighted by Gasteiger charge is 2.44. The van der Waals surface area contributed by atoms with Crippen LogP contribution in [0.5, 0.6) is 11.5 Å². The Morgan fingerprint density at radius 2 is 1.42 bits per heavy atom. The molecule has 1 unspecified atom stereocenters. The monoisotopic (exact) mass is 476 g/mol. The smallest absolute Gasteiger partial charge is 0.264 e. The third kappa shape index (κ3) is 3.41. The third-order valence-corrected chi connectivity index (χ3v) is 6.99. The number of anilines is 2. The number of carbonyl (C=O) groups excluding carboxylic acids is 2. The minimum atomic E-state index is -0.730. The predicted molar refractivity (Wildman–Crippen MR) is 138 cm³/mol. The molecule has 0 bridgehead atoms. The number of ether oxygens (including phenoxy) is 1. The van der Waals surface area contributed by atoms with Crippen LogP contribution in [0.15, 0.2) is 97.1 Å². The fraction of sp³-hybridized carbons (Fsp3) is 0.133. The maximum Gasteiger partial charge on any atom is 0.264 e. The Labute approximate surface area is 209 Å². The van der Waals surface area contributed by atoms with Gasteiger partial charge in [0.25, 0.3) is 5.91 Å². The SMILES string of the molecule is CN1C(=O)COc2cc(O)c(C3C(=O)N(C(c4ccccc4)c4ccccc4)c4ccccc43)cc21. The third-order valence-electron chi connectivity index (χ3n) is 6.99. The Morgan fingerprint density at radius 3 is 2.08 bits per heavy atom. The van der Waals surface area contributed by atoms with Crippen molar-refractivity contribution in [2.75, 3.05) is 23.5 Å². The van der Waals surface area contributed by atoms with Crippen LogP contribution in [0.4, 0.5) is 11.4 Å². The van der Waals surface area contributed by atoms with Gasteiger partial charge in [0.15, 0.2) is 6.61 Å². The van der Waals surface area contributed by atoms with E-state index in [-0.39, 0.29) is 30.2 Å². The zero-order valence-electron chi connectivity index (χ0n) is 19.7. The molecular weight excluding hydrogens is 452 g/mol. The topological polar surface area (TPSA) is 70.1 Å². The van der Waals surface area contributed by atoms with Gasteiger partial charge in [0.05, 0.1) is 17.6 Å². The average molecular weight is 477 g/mol. The lowest BCUT2D eigenvalue weighted by atomic mass is 9.91. The van der Waals surface area contributed by atoms with Gasteiger partial charge >= 0.3 is 0 Å². The molecule has 4 aromatic rings. The Kier molecular flexibility index (Phi) is 5.22. The number of likely N-dealkylation sites (N-methyl/N-ethyl adjacent to an activating group) is 1. The van der Waals surface area contributed by atoms with Gasteiger partial charge in [-0.15, -0.1) is 0 Å². The summed E-state index contributed by atoms with van der Waals surface area (Å²) in [7, 11) is 1.67. The number of aromatic hydroxyl groups is 1. The van der Waals surface area contributed by atoms with Gasteiger partial charge in [0.1, 0.15) is 11.5 Å². The molecule has 2 amide bonds. The van der Waals surface area contributed by atoms with E-state index in [2.05, 4.69) is 0 Å². The molecule has 36 heavy (non-hydrogen) atoms. The summed E-state index contributed by atoms with van der Waals surface area (Å²) in [5, 5.41) is 11.0. The summed E-state index contributed by atoms with van der Waals surface area (Å²) in [5.41, 5.74) is 4.55. The number of hydrogen-bond donors (Lipinski definition) is 1. The van der Waals surface area contributed by atoms with E-state index < -0.39 is 5.92 Å². The Morgan fingerprint density at radius 1 is 0.806 bits per heavy atom. The van der Waals surface area contributed by atoms with Crippen molar-refractivity contribution in [2.45, 2.75) is 12.0 Å². The molecule has 6 heteroatoms. The first-order chi connectivity index (χ1) is 17.5. The highest BCUT2D eigenvalue weighted by Crippen LogP contribution is 2.50. The highest BCUT2D eigenvalue weighted by molar-refractivity contribution is 6.08. The minimum Gasteiger partial charge on any atom is -0.507 e. The summed E-state index contributed by atoms with van der Waals surface area (Å²) >= 11 is 0. The molecule has 0 saturated heterocycles. The molecule has 1 atom stereocenters. The number of amides is 2. The second kappa shape index (κ2) is 8.57. The number of rotatable bonds is 4. The molecule has 0 radical (unpaired) electrons. The summed E-state index contributed by atoms with van der Waals surface area (Å²) in [6.45, 7) is -0.0862. The zero-order valence-corrected chi connectivity index (χ0v) is 19.7. The van der Waals surface area contributed by atoms with Crippen LogP contribution in [0.25, 0.3) is 0 Å². The van der Waals surface area contributed by atoms with E-state index >= 15 is 0 Å². The highest BCUT2D eigenvalue weighted by atomic mass is 16.5. The summed E-state index contributed by atoms with van der Waals surface area (Å²) in [4.78, 5) is 29.9. The first kappa shape index (κ1) is 21.9. The zero-order chi connectivity index (χ0) is 24.8. The lowest BCUT2D eigenvalue weighted by Crippen LogP contribution is -2.36. The Balaban J connectivity index is 1.52. The number of nitrogens with zero attached hydrogens (tertiary/aromatic N) is 2. The molecule has 4 aromatic carbocycles. The Hall–Kier alpha value is -4.58. The lowest BCUT2D eigenvalue weighted by Gasteiger charge is -2.30. The number of hydrogen-bond acceptors (Lipinski definition) is 4. The molecule has 0 aliphatic carbocycles. The number of phenols is 1. The first-order valence-electron chi connectivity index (χ1n) is 11.8. The maximum atomic E-state index is 14.3. The van der Waals surface area contributed by atoms with Crippen LogP contribution in [0.2, 0.25) is 0 Å². The van der Waals surface area contributed by atoms with E-state index in [1.165, 1.54) is 11.0 Å². The fourth-order valence-electron chi connectivity index (χ4n) is 5.22. The van der Waals surface area contributed by atoms with Crippen molar-refractivity contribution in [3.05, 3.63) is 119 Å². The van der Waals surface area contributed by atoms with Crippen molar-refractivity contribution in [2.24, 2.45) is 0 Å². The maximum absolute atomic E-state index is 14.3. The van der Waals surface area contributed by atoms with Crippen LogP contribution in [0.1, 0.15) is 34.2 Å². The van der Waals surface area contributed by atoms with Crippen LogP contribution in [0, 0.1) is 0 Å². The molecule has 1 N–H and O–H groups in total. The molecule has 2 aliphatic heterocycles. The fourth-order valence-corrected chi connectivity index (χ4v) is 5.22. The largest absolute Gasteiger partial charge is 0.507 e. The predicted octanol–water partition coefficient (Wildman–Crippen LogP) is 5.02. The summed E-state index contributed by atoms with van der Waals surface area (Å²) in [6, 6.07) is 30.4. The van der Waals surface area contributed by atoms with E-state index in [0.29, 0.717) is 17.0 Å². The van der Waals surface area contributed by atoms with Crippen LogP contribution in [-0.4, -0.2) is 30.6 Å². The quantitative estimate of drug-likeness (QED) is 0.449. The van der Waals surface area contributed by atoms with Gasteiger partial charge in [-0.1, -0.05) is 78.9 Å². The Bertz CT molecular complexity index is 1430. The molecule has 0 saturated carbocycles. The molecule has 0 aromatic heterocycles. The summed E-state index contributed by atoms with van der Waals surface area (Å²) in [5.74, 6) is -0.684. The number of benzene rings is 4. The van der Waals surface area contributed by atoms with Crippen LogP contribution in [0.3, 0.4) is 0 Å². The minimum absolute atomic E-state index is 0.0394. The van der Waals surface area contributed by atoms with E-state index in [4.69, 9.17) is 4.74 Å². The van der Waals surface area contributed by atoms with Gasteiger partial charge in [-0.25, -0.2) is 0 Å². The molecule has 0 fully saturated rings. The number of phenolic OH excluding ortho intramolecular Hbond substituents is 1. The van der Waals surface area contributed by atoms with Gasteiger partial charge in [0, 0.05) is 24.4 Å². The first-order valence-corrected chi connectivity index (χ1v) is 11.8. The molecule has 6 nitrogen and oxygen atoms in total. The molecule has 178 valence electrons. The van der Waals surface area contributed by atoms with Crippen molar-refractivity contribution in [3.8, 4) is 11.5 Å². The second-order valence-corrected chi connectivity index (χ2v) is 9.04. The molecule has 6 rings (SSSR count). The molecule has 0 spiro atoms. The van der Waals surface area contributed by atoms with Gasteiger partial charge < -0.3 is 14.7 Å². The van der Waals surface area contributed by atoms with Crippen molar-refractivity contribution < 1.29 is 19.4 Å². The lowest BCUT2D eigenvalue weighted by molar-refractivity contribution is -0.121. The standard InChI is InChI=1S/C30H24N2O4/c1-31-24-16-22(25(33)17-26(24)36-18-27(31)34)28-21-14-8-9-15-23(21)32(30(28)35)29(19-10-4-2-5-11-19)20-12-6-3-7-13-20/h2-17,28-29,33H,18H2,1H3. The average Bonchev–Trinajstić information content (AvgIpc) is 3.19. The summed E-state index contributed by atoms with van der Waals surface area (Å²) < 4.78 is 5.53. The van der Waals surface area contributed by atoms with Crippen LogP contribution in [-0.2, 0) is 9.59 Å². The van der Waals surface area contributed by atoms with Gasteiger partial charge in [-0.05, 0) is 28.8 Å². The number of fused-ring (bicyclic) bond motifs is 2. The van der Waals surface area contributed by atoms with Crippen molar-refractivity contribution in [3.63, 3.8) is 0 Å². The number of carbonyl (C=O) groups is 2. The second-order valence-electron chi connectivity index (χ2n) is 9.04. The van der Waals surface area contributed by atoms with E-state index in [9.17, 15) is 14.7 Å². The van der Waals surface area contributed by atoms with E-state index in [1.54, 1.807) is 13.1 Å². The van der Waals surface area contributed by atoms with Crippen molar-refractivity contribution in [1.29, 1.82) is 0 Å². The van der Waals surface area contributed by atoms with Crippen molar-refractivity contribution >= 4 is 23.2 Å². The molecule has 2 heterocycles. The normalized spacial score (nSPS) is 16.7. The van der Waals surface area contributed by atoms with Gasteiger partial charge in [-0.2, -0.15) is 0 Å². The van der Waals surface area contributed by atoms with Crippen molar-refractivity contribution in [1.82, 2.24) is 0 Å². The van der Waals surface area contributed by atoms with Crippen LogP contribution >= 0.6 is 0 Å². The summed E-state index contributed by atoms with van der Waals surface area (Å²) in [6.07, 6.45) is 0. The molecule has 2 aliphatic rings. The molecular formula is C30H24N2O4. The van der Waals surface area contributed by atoms with E-state index in [1.807, 2.05) is 89.8 Å². The number of para-hydroxylation sites is 1. The van der Waals surface area contributed by atoms with Gasteiger partial charge in [0.2, 0.25) is 5.91 Å². The van der Waals surface area contributed by atoms with Crippen LogP contribution < -0.4 is 14.5 Å².